The molecule has 5 rings (SSSR count). The normalized spacial score (nSPS) is 10.5. The maximum atomic E-state index is 13.3. The summed E-state index contributed by atoms with van der Waals surface area (Å²) in [6.07, 6.45) is -0.730. The highest BCUT2D eigenvalue weighted by atomic mass is 32.1. The van der Waals surface area contributed by atoms with E-state index in [1.54, 1.807) is 60.7 Å². The Morgan fingerprint density at radius 1 is 0.850 bits per heavy atom. The summed E-state index contributed by atoms with van der Waals surface area (Å²) in [7, 11) is 0. The lowest BCUT2D eigenvalue weighted by Crippen LogP contribution is -2.36. The van der Waals surface area contributed by atoms with Crippen LogP contribution in [0.4, 0.5) is 10.5 Å². The van der Waals surface area contributed by atoms with Crippen molar-refractivity contribution in [2.75, 3.05) is 10.7 Å². The molecular formula is C30H23N5O4S. The number of rotatable bonds is 5. The SMILES string of the molecule is Cc1ccccc1OC(=O)NC(=S)Nc1ccc(C(=O)Nn2c(-c3ccccc3)nc3ccccc3c2=O)cc1. The van der Waals surface area contributed by atoms with E-state index in [4.69, 9.17) is 17.0 Å². The number of nitrogens with zero attached hydrogens (tertiary/aromatic N) is 2. The topological polar surface area (TPSA) is 114 Å². The lowest BCUT2D eigenvalue weighted by Gasteiger charge is -2.15. The Bertz CT molecular complexity index is 1790. The molecule has 1 aromatic heterocycles. The molecule has 0 saturated heterocycles. The number of amides is 2. The molecule has 0 aliphatic rings. The van der Waals surface area contributed by atoms with E-state index in [1.807, 2.05) is 49.4 Å². The van der Waals surface area contributed by atoms with Gasteiger partial charge in [0.15, 0.2) is 10.9 Å². The van der Waals surface area contributed by atoms with Crippen molar-refractivity contribution in [3.8, 4) is 17.1 Å². The minimum atomic E-state index is -0.730. The van der Waals surface area contributed by atoms with Gasteiger partial charge >= 0.3 is 6.09 Å². The zero-order chi connectivity index (χ0) is 28.1. The van der Waals surface area contributed by atoms with E-state index in [2.05, 4.69) is 21.0 Å². The van der Waals surface area contributed by atoms with Crippen molar-refractivity contribution < 1.29 is 14.3 Å². The molecular weight excluding hydrogens is 526 g/mol. The Balaban J connectivity index is 1.29. The molecule has 3 N–H and O–H groups in total. The molecule has 2 amide bonds. The quantitative estimate of drug-likeness (QED) is 0.257. The third kappa shape index (κ3) is 5.87. The number of hydrogen-bond donors (Lipinski definition) is 3. The van der Waals surface area contributed by atoms with E-state index in [1.165, 1.54) is 0 Å². The molecule has 0 saturated carbocycles. The number of aromatic nitrogens is 2. The second kappa shape index (κ2) is 11.6. The molecule has 0 aliphatic heterocycles. The third-order valence-corrected chi connectivity index (χ3v) is 6.14. The number of anilines is 1. The Hall–Kier alpha value is -5.35. The average Bonchev–Trinajstić information content (AvgIpc) is 2.96. The molecule has 4 aromatic carbocycles. The summed E-state index contributed by atoms with van der Waals surface area (Å²) in [6.45, 7) is 1.83. The zero-order valence-electron chi connectivity index (χ0n) is 21.3. The molecule has 10 heteroatoms. The van der Waals surface area contributed by atoms with Crippen LogP contribution in [0.25, 0.3) is 22.3 Å². The number of nitrogens with one attached hydrogen (secondary N) is 3. The van der Waals surface area contributed by atoms with Crippen LogP contribution in [0.3, 0.4) is 0 Å². The maximum Gasteiger partial charge on any atom is 0.418 e. The number of fused-ring (bicyclic) bond motifs is 1. The number of ether oxygens (including phenoxy) is 1. The fraction of sp³-hybridized carbons (Fsp3) is 0.0333. The molecule has 0 atom stereocenters. The van der Waals surface area contributed by atoms with E-state index in [0.29, 0.717) is 39.3 Å². The number of thiocarbonyl (C=S) groups is 1. The van der Waals surface area contributed by atoms with Crippen LogP contribution in [-0.4, -0.2) is 26.8 Å². The van der Waals surface area contributed by atoms with E-state index in [0.717, 1.165) is 10.2 Å². The Kier molecular flexibility index (Phi) is 7.61. The Morgan fingerprint density at radius 2 is 1.52 bits per heavy atom. The van der Waals surface area contributed by atoms with Crippen LogP contribution in [0, 0.1) is 6.92 Å². The minimum absolute atomic E-state index is 0.0251. The molecule has 0 fully saturated rings. The monoisotopic (exact) mass is 549 g/mol. The van der Waals surface area contributed by atoms with Crippen molar-refractivity contribution in [1.29, 1.82) is 0 Å². The Morgan fingerprint density at radius 3 is 2.27 bits per heavy atom. The van der Waals surface area contributed by atoms with Crippen molar-refractivity contribution >= 4 is 45.9 Å². The number of hydrogen-bond acceptors (Lipinski definition) is 6. The molecule has 0 bridgehead atoms. The highest BCUT2D eigenvalue weighted by Crippen LogP contribution is 2.19. The molecule has 9 nitrogen and oxygen atoms in total. The summed E-state index contributed by atoms with van der Waals surface area (Å²) in [5, 5.41) is 5.73. The minimum Gasteiger partial charge on any atom is -0.410 e. The first-order valence-electron chi connectivity index (χ1n) is 12.2. The fourth-order valence-corrected chi connectivity index (χ4v) is 4.14. The second-order valence-electron chi connectivity index (χ2n) is 8.71. The van der Waals surface area contributed by atoms with Crippen LogP contribution >= 0.6 is 12.2 Å². The van der Waals surface area contributed by atoms with Crippen LogP contribution in [-0.2, 0) is 0 Å². The molecule has 0 unspecified atom stereocenters. The van der Waals surface area contributed by atoms with Crippen LogP contribution in [0.1, 0.15) is 15.9 Å². The number of carbonyl (C=O) groups is 2. The van der Waals surface area contributed by atoms with Crippen molar-refractivity contribution in [1.82, 2.24) is 15.0 Å². The van der Waals surface area contributed by atoms with Gasteiger partial charge in [-0.2, -0.15) is 4.68 Å². The lowest BCUT2D eigenvalue weighted by atomic mass is 10.2. The van der Waals surface area contributed by atoms with Gasteiger partial charge < -0.3 is 10.1 Å². The highest BCUT2D eigenvalue weighted by molar-refractivity contribution is 7.80. The summed E-state index contributed by atoms with van der Waals surface area (Å²) in [5.41, 5.74) is 5.12. The van der Waals surface area contributed by atoms with Crippen LogP contribution in [0.5, 0.6) is 5.75 Å². The fourth-order valence-electron chi connectivity index (χ4n) is 3.94. The highest BCUT2D eigenvalue weighted by Gasteiger charge is 2.16. The predicted molar refractivity (Wildman–Crippen MR) is 158 cm³/mol. The smallest absolute Gasteiger partial charge is 0.410 e. The standard InChI is InChI=1S/C30H23N5O4S/c1-19-9-5-8-14-25(19)39-30(38)33-29(40)31-22-17-15-21(16-18-22)27(36)34-35-26(20-10-3-2-4-11-20)32-24-13-7-6-12-23(24)28(35)37/h2-18H,1H3,(H,34,36)(H2,31,33,38,40). The number of para-hydroxylation sites is 2. The van der Waals surface area contributed by atoms with Gasteiger partial charge in [0.05, 0.1) is 10.9 Å². The van der Waals surface area contributed by atoms with Gasteiger partial charge in [0, 0.05) is 16.8 Å². The molecule has 198 valence electrons. The Labute approximate surface area is 234 Å². The predicted octanol–water partition coefficient (Wildman–Crippen LogP) is 5.24. The van der Waals surface area contributed by atoms with Gasteiger partial charge in [-0.1, -0.05) is 60.7 Å². The molecule has 0 aliphatic carbocycles. The summed E-state index contributed by atoms with van der Waals surface area (Å²) < 4.78 is 6.43. The molecule has 40 heavy (non-hydrogen) atoms. The summed E-state index contributed by atoms with van der Waals surface area (Å²) >= 11 is 5.20. The number of aryl methyl sites for hydroxylation is 1. The van der Waals surface area contributed by atoms with E-state index in [9.17, 15) is 14.4 Å². The van der Waals surface area contributed by atoms with Crippen LogP contribution in [0.15, 0.2) is 108 Å². The van der Waals surface area contributed by atoms with Crippen molar-refractivity contribution in [3.63, 3.8) is 0 Å². The van der Waals surface area contributed by atoms with Gasteiger partial charge in [0.1, 0.15) is 5.75 Å². The maximum absolute atomic E-state index is 13.3. The van der Waals surface area contributed by atoms with Crippen LogP contribution in [0.2, 0.25) is 0 Å². The number of benzene rings is 4. The van der Waals surface area contributed by atoms with E-state index in [-0.39, 0.29) is 5.11 Å². The molecule has 0 spiro atoms. The third-order valence-electron chi connectivity index (χ3n) is 5.94. The van der Waals surface area contributed by atoms with Gasteiger partial charge in [-0.05, 0) is 67.2 Å². The molecule has 0 radical (unpaired) electrons. The average molecular weight is 550 g/mol. The van der Waals surface area contributed by atoms with Crippen LogP contribution < -0.4 is 26.4 Å². The van der Waals surface area contributed by atoms with Gasteiger partial charge in [-0.15, -0.1) is 0 Å². The van der Waals surface area contributed by atoms with Crippen molar-refractivity contribution in [3.05, 3.63) is 125 Å². The largest absolute Gasteiger partial charge is 0.418 e. The first-order chi connectivity index (χ1) is 19.4. The molecule has 5 aromatic rings. The van der Waals surface area contributed by atoms with E-state index < -0.39 is 17.6 Å². The summed E-state index contributed by atoms with van der Waals surface area (Å²) in [6, 6.07) is 29.6. The van der Waals surface area contributed by atoms with Gasteiger partial charge in [-0.25, -0.2) is 9.78 Å². The number of carbonyl (C=O) groups excluding carboxylic acids is 2. The second-order valence-corrected chi connectivity index (χ2v) is 9.12. The van der Waals surface area contributed by atoms with Gasteiger partial charge in [-0.3, -0.25) is 20.3 Å². The van der Waals surface area contributed by atoms with Crippen molar-refractivity contribution in [2.24, 2.45) is 0 Å². The first kappa shape index (κ1) is 26.3. The first-order valence-corrected chi connectivity index (χ1v) is 12.6. The summed E-state index contributed by atoms with van der Waals surface area (Å²) in [4.78, 5) is 43.3. The van der Waals surface area contributed by atoms with E-state index >= 15 is 0 Å². The van der Waals surface area contributed by atoms with Crippen molar-refractivity contribution in [2.45, 2.75) is 6.92 Å². The lowest BCUT2D eigenvalue weighted by molar-refractivity contribution is 0.101. The van der Waals surface area contributed by atoms with Gasteiger partial charge in [0.2, 0.25) is 0 Å². The zero-order valence-corrected chi connectivity index (χ0v) is 22.1. The molecule has 1 heterocycles. The summed E-state index contributed by atoms with van der Waals surface area (Å²) in [5.74, 6) is 0.227. The van der Waals surface area contributed by atoms with Gasteiger partial charge in [0.25, 0.3) is 11.5 Å².